The molecule has 1 fully saturated rings. The molecule has 2 aliphatic rings. The van der Waals surface area contributed by atoms with Gasteiger partial charge in [0, 0.05) is 0 Å². The summed E-state index contributed by atoms with van der Waals surface area (Å²) in [5.74, 6) is -3.94. The summed E-state index contributed by atoms with van der Waals surface area (Å²) in [7, 11) is 0. The van der Waals surface area contributed by atoms with Crippen molar-refractivity contribution in [1.29, 1.82) is 0 Å². The van der Waals surface area contributed by atoms with Gasteiger partial charge in [-0.2, -0.15) is 0 Å². The molecule has 2 atom stereocenters. The van der Waals surface area contributed by atoms with E-state index >= 15 is 0 Å². The highest BCUT2D eigenvalue weighted by Crippen LogP contribution is 2.47. The zero-order chi connectivity index (χ0) is 24.3. The molecule has 3 rings (SSSR count). The average molecular weight is 528 g/mol. The predicted octanol–water partition coefficient (Wildman–Crippen LogP) is 4.33. The van der Waals surface area contributed by atoms with Crippen LogP contribution in [0.1, 0.15) is 48.4 Å². The number of amides is 3. The van der Waals surface area contributed by atoms with E-state index in [0.717, 1.165) is 4.90 Å². The van der Waals surface area contributed by atoms with Crippen LogP contribution in [0.2, 0.25) is 20.1 Å². The summed E-state index contributed by atoms with van der Waals surface area (Å²) in [6.45, 7) is 5.74. The molecule has 1 aromatic carbocycles. The van der Waals surface area contributed by atoms with Crippen LogP contribution in [0.4, 0.5) is 4.79 Å². The monoisotopic (exact) mass is 526 g/mol. The van der Waals surface area contributed by atoms with Crippen molar-refractivity contribution < 1.29 is 33.8 Å². The van der Waals surface area contributed by atoms with Crippen LogP contribution in [0.25, 0.3) is 0 Å². The van der Waals surface area contributed by atoms with Gasteiger partial charge >= 0.3 is 12.1 Å². The summed E-state index contributed by atoms with van der Waals surface area (Å²) < 4.78 is 10.8. The molecule has 2 heterocycles. The summed E-state index contributed by atoms with van der Waals surface area (Å²) in [6, 6.07) is 0. The number of carboxylic acid groups (broad SMARTS) is 1. The van der Waals surface area contributed by atoms with E-state index in [1.165, 1.54) is 6.92 Å². The number of fused-ring (bicyclic) bond motifs is 1. The number of aliphatic carboxylic acids is 1. The first-order valence-corrected chi connectivity index (χ1v) is 10.8. The van der Waals surface area contributed by atoms with Gasteiger partial charge in [-0.25, -0.2) is 14.5 Å². The minimum Gasteiger partial charge on any atom is -0.478 e. The van der Waals surface area contributed by atoms with E-state index in [2.05, 4.69) is 0 Å². The van der Waals surface area contributed by atoms with Crippen LogP contribution in [0.15, 0.2) is 0 Å². The second-order valence-electron chi connectivity index (χ2n) is 8.13. The fourth-order valence-electron chi connectivity index (χ4n) is 3.72. The molecule has 3 amide bonds. The van der Waals surface area contributed by atoms with Crippen molar-refractivity contribution in [2.45, 2.75) is 45.1 Å². The summed E-state index contributed by atoms with van der Waals surface area (Å²) in [5.41, 5.74) is -4.42. The maximum absolute atomic E-state index is 13.4. The van der Waals surface area contributed by atoms with Crippen molar-refractivity contribution in [3.63, 3.8) is 0 Å². The van der Waals surface area contributed by atoms with Gasteiger partial charge in [0.05, 0.1) is 44.4 Å². The zero-order valence-electron chi connectivity index (χ0n) is 17.3. The van der Waals surface area contributed by atoms with E-state index in [-0.39, 0.29) is 33.2 Å². The molecule has 0 spiro atoms. The molecule has 9 nitrogen and oxygen atoms in total. The Morgan fingerprint density at radius 2 is 1.50 bits per heavy atom. The van der Waals surface area contributed by atoms with Crippen molar-refractivity contribution >= 4 is 70.3 Å². The zero-order valence-corrected chi connectivity index (χ0v) is 20.3. The molecular formula is C19H18Cl4N2O7. The van der Waals surface area contributed by atoms with E-state index < -0.39 is 52.4 Å². The van der Waals surface area contributed by atoms with Crippen molar-refractivity contribution in [1.82, 2.24) is 9.80 Å². The molecule has 1 aromatic rings. The first-order valence-electron chi connectivity index (χ1n) is 9.28. The number of carbonyl (C=O) groups excluding carboxylic acids is 3. The van der Waals surface area contributed by atoms with E-state index in [4.69, 9.17) is 55.9 Å². The molecule has 0 radical (unpaired) electrons. The lowest BCUT2D eigenvalue weighted by Crippen LogP contribution is -2.76. The molecule has 1 N–H and O–H groups in total. The molecular weight excluding hydrogens is 510 g/mol. The number of ether oxygens (including phenoxy) is 2. The van der Waals surface area contributed by atoms with Crippen molar-refractivity contribution in [3.05, 3.63) is 31.2 Å². The summed E-state index contributed by atoms with van der Waals surface area (Å²) >= 11 is 24.4. The predicted molar refractivity (Wildman–Crippen MR) is 116 cm³/mol. The number of hydrogen-bond donors (Lipinski definition) is 1. The van der Waals surface area contributed by atoms with Gasteiger partial charge in [0.25, 0.3) is 17.5 Å². The molecule has 0 unspecified atom stereocenters. The van der Waals surface area contributed by atoms with Gasteiger partial charge in [0.1, 0.15) is 11.7 Å². The third kappa shape index (κ3) is 3.51. The van der Waals surface area contributed by atoms with Crippen LogP contribution in [0.5, 0.6) is 0 Å². The van der Waals surface area contributed by atoms with E-state index in [0.29, 0.717) is 4.90 Å². The number of halogens is 4. The van der Waals surface area contributed by atoms with Crippen molar-refractivity contribution in [2.75, 3.05) is 13.2 Å². The third-order valence-corrected chi connectivity index (χ3v) is 6.83. The van der Waals surface area contributed by atoms with Crippen molar-refractivity contribution in [3.8, 4) is 0 Å². The highest BCUT2D eigenvalue weighted by molar-refractivity contribution is 6.55. The Bertz CT molecular complexity index is 1010. The molecule has 13 heteroatoms. The van der Waals surface area contributed by atoms with Crippen LogP contribution in [0.3, 0.4) is 0 Å². The lowest BCUT2D eigenvalue weighted by molar-refractivity contribution is -0.193. The topological polar surface area (TPSA) is 113 Å². The number of rotatable bonds is 2. The number of hydrogen-bond acceptors (Lipinski definition) is 6. The van der Waals surface area contributed by atoms with Crippen LogP contribution in [-0.2, 0) is 14.3 Å². The number of carbonyl (C=O) groups is 4. The van der Waals surface area contributed by atoms with Gasteiger partial charge in [-0.3, -0.25) is 14.5 Å². The summed E-state index contributed by atoms with van der Waals surface area (Å²) in [5, 5.41) is 9.01. The van der Waals surface area contributed by atoms with Gasteiger partial charge in [0.15, 0.2) is 0 Å². The Morgan fingerprint density at radius 1 is 1.03 bits per heavy atom. The van der Waals surface area contributed by atoms with E-state index in [9.17, 15) is 24.3 Å². The maximum Gasteiger partial charge on any atom is 0.412 e. The van der Waals surface area contributed by atoms with Crippen molar-refractivity contribution in [2.24, 2.45) is 0 Å². The minimum atomic E-state index is -2.60. The van der Waals surface area contributed by atoms with Gasteiger partial charge in [-0.05, 0) is 27.7 Å². The molecule has 32 heavy (non-hydrogen) atoms. The molecule has 174 valence electrons. The number of imide groups is 1. The third-order valence-electron chi connectivity index (χ3n) is 5.03. The lowest BCUT2D eigenvalue weighted by Gasteiger charge is -2.50. The number of benzene rings is 1. The second kappa shape index (κ2) is 8.22. The normalized spacial score (nSPS) is 23.4. The minimum absolute atomic E-state index is 0.0578. The quantitative estimate of drug-likeness (QED) is 0.346. The van der Waals surface area contributed by atoms with E-state index in [1.54, 1.807) is 20.8 Å². The number of morpholine rings is 1. The Balaban J connectivity index is 2.27. The summed E-state index contributed by atoms with van der Waals surface area (Å²) in [6.07, 6.45) is -2.40. The Kier molecular flexibility index (Phi) is 6.38. The summed E-state index contributed by atoms with van der Waals surface area (Å²) in [4.78, 5) is 53.7. The first-order chi connectivity index (χ1) is 14.7. The number of carboxylic acids is 1. The Labute approximate surface area is 203 Å². The lowest BCUT2D eigenvalue weighted by atomic mass is 9.97. The number of nitrogens with zero attached hydrogens (tertiary/aromatic N) is 2. The molecule has 0 saturated carbocycles. The highest BCUT2D eigenvalue weighted by Gasteiger charge is 2.65. The fourth-order valence-corrected chi connectivity index (χ4v) is 4.73. The maximum atomic E-state index is 13.4. The second-order valence-corrected chi connectivity index (χ2v) is 9.64. The van der Waals surface area contributed by atoms with Crippen LogP contribution in [-0.4, -0.2) is 69.3 Å². The van der Waals surface area contributed by atoms with Gasteiger partial charge in [-0.15, -0.1) is 0 Å². The molecule has 0 aromatic heterocycles. The SMILES string of the molecule is C[C@H]1OCCN(C(=O)OC(C)(C)C)[C@@]1(C(=O)O)N1C(=O)c2c(Cl)c(Cl)c(Cl)c(Cl)c2C1=O. The Hall–Kier alpha value is -1.78. The molecule has 0 bridgehead atoms. The fraction of sp³-hybridized carbons (Fsp3) is 0.474. The van der Waals surface area contributed by atoms with Gasteiger partial charge in [-0.1, -0.05) is 46.4 Å². The van der Waals surface area contributed by atoms with Gasteiger partial charge < -0.3 is 14.6 Å². The van der Waals surface area contributed by atoms with Crippen LogP contribution < -0.4 is 0 Å². The van der Waals surface area contributed by atoms with Crippen LogP contribution >= 0.6 is 46.4 Å². The molecule has 1 saturated heterocycles. The standard InChI is InChI=1S/C19H18Cl4N2O7/c1-7-19(16(28)29,24(5-6-31-7)17(30)32-18(2,3)4)25-14(26)8-9(15(25)27)11(21)13(23)12(22)10(8)20/h7H,5-6H2,1-4H3,(H,28,29)/t7-,19-/m1/s1. The molecule has 2 aliphatic heterocycles. The van der Waals surface area contributed by atoms with Gasteiger partial charge in [0.2, 0.25) is 0 Å². The molecule has 0 aliphatic carbocycles. The first kappa shape index (κ1) is 24.9. The van der Waals surface area contributed by atoms with E-state index in [1.807, 2.05) is 0 Å². The smallest absolute Gasteiger partial charge is 0.412 e. The average Bonchev–Trinajstić information content (AvgIpc) is 2.94. The van der Waals surface area contributed by atoms with Crippen LogP contribution in [0, 0.1) is 0 Å². The highest BCUT2D eigenvalue weighted by atomic mass is 35.5. The largest absolute Gasteiger partial charge is 0.478 e. The Morgan fingerprint density at radius 3 is 1.91 bits per heavy atom.